The molecule has 0 heterocycles. The average Bonchev–Trinajstić information content (AvgIpc) is 2.97. The molecule has 3 aromatic carbocycles. The predicted molar refractivity (Wildman–Crippen MR) is 171 cm³/mol. The molecule has 0 aliphatic carbocycles. The smallest absolute Gasteiger partial charge is 0.243 e. The van der Waals surface area contributed by atoms with Crippen LogP contribution in [0, 0.1) is 6.92 Å². The van der Waals surface area contributed by atoms with Gasteiger partial charge in [-0.15, -0.1) is 0 Å². The Hall–Kier alpha value is -3.65. The van der Waals surface area contributed by atoms with Gasteiger partial charge < -0.3 is 10.2 Å². The van der Waals surface area contributed by atoms with E-state index in [-0.39, 0.29) is 37.4 Å². The maximum absolute atomic E-state index is 13.9. The Kier molecular flexibility index (Phi) is 12.2. The first-order valence-electron chi connectivity index (χ1n) is 14.8. The maximum Gasteiger partial charge on any atom is 0.243 e. The molecule has 42 heavy (non-hydrogen) atoms. The Labute approximate surface area is 252 Å². The number of carbonyl (C=O) groups excluding carboxylic acids is 2. The third kappa shape index (κ3) is 9.72. The molecule has 2 amide bonds. The van der Waals surface area contributed by atoms with Crippen molar-refractivity contribution in [1.82, 2.24) is 10.2 Å². The molecular weight excluding hydrogens is 546 g/mol. The number of sulfonamides is 1. The van der Waals surface area contributed by atoms with Gasteiger partial charge in [0.2, 0.25) is 21.8 Å². The summed E-state index contributed by atoms with van der Waals surface area (Å²) in [5.41, 5.74) is 4.70. The Morgan fingerprint density at radius 1 is 0.857 bits per heavy atom. The minimum atomic E-state index is -3.55. The fourth-order valence-electron chi connectivity index (χ4n) is 4.79. The maximum atomic E-state index is 13.9. The van der Waals surface area contributed by atoms with Crippen molar-refractivity contribution >= 4 is 27.5 Å². The van der Waals surface area contributed by atoms with Gasteiger partial charge in [-0.1, -0.05) is 86.1 Å². The molecule has 0 fully saturated rings. The minimum Gasteiger partial charge on any atom is -0.352 e. The second-order valence-corrected chi connectivity index (χ2v) is 12.9. The van der Waals surface area contributed by atoms with Crippen LogP contribution in [0.3, 0.4) is 0 Å². The molecule has 0 aromatic heterocycles. The zero-order valence-corrected chi connectivity index (χ0v) is 26.4. The lowest BCUT2D eigenvalue weighted by molar-refractivity contribution is -0.141. The molecule has 0 spiro atoms. The van der Waals surface area contributed by atoms with Crippen LogP contribution in [-0.4, -0.2) is 50.0 Å². The van der Waals surface area contributed by atoms with E-state index in [1.165, 1.54) is 10.6 Å². The van der Waals surface area contributed by atoms with Crippen molar-refractivity contribution in [3.8, 4) is 0 Å². The van der Waals surface area contributed by atoms with E-state index in [2.05, 4.69) is 5.32 Å². The van der Waals surface area contributed by atoms with Gasteiger partial charge in [0, 0.05) is 32.0 Å². The molecule has 0 saturated heterocycles. The van der Waals surface area contributed by atoms with Gasteiger partial charge in [0.1, 0.15) is 6.04 Å². The first-order valence-corrected chi connectivity index (χ1v) is 16.6. The summed E-state index contributed by atoms with van der Waals surface area (Å²) < 4.78 is 26.7. The molecule has 1 N–H and O–H groups in total. The largest absolute Gasteiger partial charge is 0.352 e. The first kappa shape index (κ1) is 32.9. The van der Waals surface area contributed by atoms with Gasteiger partial charge in [-0.25, -0.2) is 8.42 Å². The highest BCUT2D eigenvalue weighted by Crippen LogP contribution is 2.21. The SMILES string of the molecule is CCc1ccc(N(CCCC(=O)N(Cc2ccc(C)cc2)[C@H](Cc2ccccc2)C(=O)N[C@H](C)CC)S(C)(=O)=O)cc1. The lowest BCUT2D eigenvalue weighted by Gasteiger charge is -2.32. The number of nitrogens with zero attached hydrogens (tertiary/aromatic N) is 2. The predicted octanol–water partition coefficient (Wildman–Crippen LogP) is 5.66. The molecule has 0 saturated carbocycles. The molecule has 226 valence electrons. The molecule has 3 rings (SSSR count). The van der Waals surface area contributed by atoms with Crippen molar-refractivity contribution in [3.05, 3.63) is 101 Å². The van der Waals surface area contributed by atoms with Crippen molar-refractivity contribution in [1.29, 1.82) is 0 Å². The van der Waals surface area contributed by atoms with E-state index >= 15 is 0 Å². The summed E-state index contributed by atoms with van der Waals surface area (Å²) >= 11 is 0. The fraction of sp³-hybridized carbons (Fsp3) is 0.412. The van der Waals surface area contributed by atoms with Crippen LogP contribution >= 0.6 is 0 Å². The summed E-state index contributed by atoms with van der Waals surface area (Å²) in [5, 5.41) is 3.08. The molecule has 2 atom stereocenters. The first-order chi connectivity index (χ1) is 20.0. The van der Waals surface area contributed by atoms with Crippen LogP contribution in [0.25, 0.3) is 0 Å². The van der Waals surface area contributed by atoms with E-state index in [0.29, 0.717) is 18.5 Å². The molecule has 0 unspecified atom stereocenters. The summed E-state index contributed by atoms with van der Waals surface area (Å²) in [6.45, 7) is 8.46. The number of hydrogen-bond donors (Lipinski definition) is 1. The van der Waals surface area contributed by atoms with Crippen LogP contribution < -0.4 is 9.62 Å². The number of benzene rings is 3. The highest BCUT2D eigenvalue weighted by Gasteiger charge is 2.31. The van der Waals surface area contributed by atoms with E-state index in [4.69, 9.17) is 0 Å². The number of rotatable bonds is 15. The van der Waals surface area contributed by atoms with Gasteiger partial charge in [0.25, 0.3) is 0 Å². The normalized spacial score (nSPS) is 12.8. The van der Waals surface area contributed by atoms with Gasteiger partial charge in [0.15, 0.2) is 0 Å². The number of nitrogens with one attached hydrogen (secondary N) is 1. The number of anilines is 1. The van der Waals surface area contributed by atoms with Crippen LogP contribution in [0.1, 0.15) is 62.3 Å². The molecule has 0 aliphatic heterocycles. The van der Waals surface area contributed by atoms with Gasteiger partial charge in [0.05, 0.1) is 11.9 Å². The average molecular weight is 592 g/mol. The lowest BCUT2D eigenvalue weighted by Crippen LogP contribution is -2.52. The Bertz CT molecular complexity index is 1390. The third-order valence-electron chi connectivity index (χ3n) is 7.53. The Morgan fingerprint density at radius 2 is 1.48 bits per heavy atom. The molecule has 3 aromatic rings. The number of amides is 2. The standard InChI is InChI=1S/C34H45N3O4S/c1-6-27(4)35-34(39)32(24-29-12-9-8-10-13-29)36(25-30-17-15-26(3)16-18-30)33(38)14-11-23-37(42(5,40)41)31-21-19-28(7-2)20-22-31/h8-10,12-13,15-22,27,32H,6-7,11,14,23-25H2,1-5H3,(H,35,39)/t27-,32-/m1/s1. The quantitative estimate of drug-likeness (QED) is 0.247. The summed E-state index contributed by atoms with van der Waals surface area (Å²) in [7, 11) is -3.55. The molecule has 7 nitrogen and oxygen atoms in total. The van der Waals surface area contributed by atoms with Gasteiger partial charge in [-0.3, -0.25) is 13.9 Å². The third-order valence-corrected chi connectivity index (χ3v) is 8.72. The summed E-state index contributed by atoms with van der Waals surface area (Å²) in [4.78, 5) is 29.3. The summed E-state index contributed by atoms with van der Waals surface area (Å²) in [6.07, 6.45) is 3.61. The highest BCUT2D eigenvalue weighted by molar-refractivity contribution is 7.92. The van der Waals surface area contributed by atoms with Crippen LogP contribution in [0.15, 0.2) is 78.9 Å². The van der Waals surface area contributed by atoms with Crippen molar-refractivity contribution in [2.45, 2.75) is 78.4 Å². The van der Waals surface area contributed by atoms with E-state index < -0.39 is 16.1 Å². The summed E-state index contributed by atoms with van der Waals surface area (Å²) in [5.74, 6) is -0.381. The van der Waals surface area contributed by atoms with E-state index in [1.54, 1.807) is 17.0 Å². The summed E-state index contributed by atoms with van der Waals surface area (Å²) in [6, 6.07) is 24.4. The van der Waals surface area contributed by atoms with Crippen molar-refractivity contribution in [2.75, 3.05) is 17.1 Å². The van der Waals surface area contributed by atoms with Gasteiger partial charge >= 0.3 is 0 Å². The fourth-order valence-corrected chi connectivity index (χ4v) is 5.75. The molecular formula is C34H45N3O4S. The number of aryl methyl sites for hydroxylation is 2. The minimum absolute atomic E-state index is 0.0329. The number of hydrogen-bond acceptors (Lipinski definition) is 4. The van der Waals surface area contributed by atoms with Gasteiger partial charge in [-0.2, -0.15) is 0 Å². The van der Waals surface area contributed by atoms with Crippen molar-refractivity contribution in [3.63, 3.8) is 0 Å². The van der Waals surface area contributed by atoms with Crippen LogP contribution in [0.5, 0.6) is 0 Å². The highest BCUT2D eigenvalue weighted by atomic mass is 32.2. The van der Waals surface area contributed by atoms with Crippen molar-refractivity contribution in [2.24, 2.45) is 0 Å². The van der Waals surface area contributed by atoms with E-state index in [1.807, 2.05) is 94.4 Å². The second kappa shape index (κ2) is 15.5. The zero-order valence-electron chi connectivity index (χ0n) is 25.5. The molecule has 0 aliphatic rings. The lowest BCUT2D eigenvalue weighted by atomic mass is 10.0. The van der Waals surface area contributed by atoms with Crippen LogP contribution in [0.2, 0.25) is 0 Å². The molecule has 0 radical (unpaired) electrons. The van der Waals surface area contributed by atoms with Crippen LogP contribution in [0.4, 0.5) is 5.69 Å². The molecule has 0 bridgehead atoms. The Morgan fingerprint density at radius 3 is 2.05 bits per heavy atom. The zero-order chi connectivity index (χ0) is 30.7. The van der Waals surface area contributed by atoms with Crippen LogP contribution in [-0.2, 0) is 39.0 Å². The topological polar surface area (TPSA) is 86.8 Å². The molecule has 8 heteroatoms. The monoisotopic (exact) mass is 591 g/mol. The van der Waals surface area contributed by atoms with Crippen molar-refractivity contribution < 1.29 is 18.0 Å². The van der Waals surface area contributed by atoms with E-state index in [9.17, 15) is 18.0 Å². The van der Waals surface area contributed by atoms with E-state index in [0.717, 1.165) is 35.1 Å². The second-order valence-electron chi connectivity index (χ2n) is 11.0. The van der Waals surface area contributed by atoms with Gasteiger partial charge in [-0.05, 0) is 61.9 Å². The number of carbonyl (C=O) groups is 2. The Balaban J connectivity index is 1.87.